The Morgan fingerprint density at radius 3 is 0.667 bits per heavy atom. The van der Waals surface area contributed by atoms with Crippen LogP contribution in [0.15, 0.2) is 0 Å². The van der Waals surface area contributed by atoms with Crippen molar-refractivity contribution in [3.8, 4) is 0 Å². The van der Waals surface area contributed by atoms with E-state index in [4.69, 9.17) is 31.8 Å². The molecule has 0 aromatic rings. The van der Waals surface area contributed by atoms with Gasteiger partial charge in [0.2, 0.25) is 0 Å². The summed E-state index contributed by atoms with van der Waals surface area (Å²) >= 11 is -11.5. The number of hydrogen-bond donors (Lipinski definition) is 0. The molecule has 0 amide bonds. The van der Waals surface area contributed by atoms with Crippen LogP contribution in [0.25, 0.3) is 0 Å². The van der Waals surface area contributed by atoms with E-state index < -0.39 is 27.2 Å². The van der Waals surface area contributed by atoms with Gasteiger partial charge >= 0.3 is 92.9 Å². The monoisotopic (exact) mass is 347 g/mol. The average molecular weight is 347 g/mol. The van der Waals surface area contributed by atoms with E-state index in [-0.39, 0.29) is 33.8 Å². The molecule has 0 fully saturated rings. The molecule has 0 aliphatic heterocycles. The van der Waals surface area contributed by atoms with Crippen molar-refractivity contribution in [2.45, 2.75) is 0 Å². The van der Waals surface area contributed by atoms with Crippen LogP contribution in [0, 0.1) is 0 Å². The molecule has 0 N–H and O–H groups in total. The molecule has 1 radical (unpaired) electrons. The van der Waals surface area contributed by atoms with Crippen molar-refractivity contribution in [2.24, 2.45) is 0 Å². The Morgan fingerprint density at radius 1 is 0.667 bits per heavy atom. The summed E-state index contributed by atoms with van der Waals surface area (Å²) in [6.07, 6.45) is 0. The molecule has 0 atom stereocenters. The van der Waals surface area contributed by atoms with Gasteiger partial charge in [-0.1, -0.05) is 0 Å². The van der Waals surface area contributed by atoms with Gasteiger partial charge in [0.25, 0.3) is 0 Å². The Balaban J connectivity index is -0.0000000457. The molecule has 77 valence electrons. The molecule has 0 rings (SSSR count). The van der Waals surface area contributed by atoms with Crippen LogP contribution < -0.4 is 16.6 Å². The third-order valence-corrected chi connectivity index (χ3v) is 0. The predicted molar refractivity (Wildman–Crippen MR) is 2.75 cm³/mol. The fraction of sp³-hybridized carbons (Fsp3) is 0. The normalized spacial score (nSPS) is 9.67. The first-order valence-electron chi connectivity index (χ1n) is 1.33. The number of hydrogen-bond acceptors (Lipinski definition) is 8. The van der Waals surface area contributed by atoms with E-state index in [0.29, 0.717) is 0 Å². The zero-order valence-corrected chi connectivity index (χ0v) is 9.46. The van der Waals surface area contributed by atoms with Crippen molar-refractivity contribution in [1.82, 2.24) is 0 Å². The number of rotatable bonds is 0. The van der Waals surface area contributed by atoms with Gasteiger partial charge in [-0.2, -0.15) is 0 Å². The zero-order valence-electron chi connectivity index (χ0n) is 4.77. The van der Waals surface area contributed by atoms with E-state index in [1.54, 1.807) is 0 Å². The van der Waals surface area contributed by atoms with E-state index in [2.05, 4.69) is 0 Å². The van der Waals surface area contributed by atoms with Gasteiger partial charge < -0.3 is 0 Å². The van der Waals surface area contributed by atoms with Gasteiger partial charge in [-0.05, 0) is 0 Å². The molecule has 0 heterocycles. The second kappa shape index (κ2) is 8.72. The molecule has 0 aliphatic rings. The predicted octanol–water partition coefficient (Wildman–Crippen LogP) is -5.24. The van der Waals surface area contributed by atoms with Gasteiger partial charge in [0.15, 0.2) is 0 Å². The minimum atomic E-state index is -5.75. The van der Waals surface area contributed by atoms with E-state index >= 15 is 0 Å². The molecule has 0 aliphatic carbocycles. The van der Waals surface area contributed by atoms with E-state index in [1.807, 2.05) is 0 Å². The van der Waals surface area contributed by atoms with Crippen LogP contribution in [0.5, 0.6) is 0 Å². The molecule has 0 aromatic carbocycles. The van der Waals surface area contributed by atoms with E-state index in [1.165, 1.54) is 0 Å². The molecule has 0 unspecified atom stereocenters. The van der Waals surface area contributed by atoms with Crippen LogP contribution in [0.1, 0.15) is 0 Å². The Hall–Kier alpha value is 1.13. The molecule has 8 nitrogen and oxygen atoms in total. The van der Waals surface area contributed by atoms with Crippen LogP contribution in [0.3, 0.4) is 0 Å². The van der Waals surface area contributed by atoms with Crippen molar-refractivity contribution in [3.63, 3.8) is 0 Å². The van der Waals surface area contributed by atoms with Crippen molar-refractivity contribution in [2.75, 3.05) is 0 Å². The van der Waals surface area contributed by atoms with Crippen LogP contribution in [0.2, 0.25) is 0 Å². The van der Waals surface area contributed by atoms with Gasteiger partial charge in [0.05, 0.1) is 0 Å². The third kappa shape index (κ3) is 893. The quantitative estimate of drug-likeness (QED) is 0.393. The second-order valence-corrected chi connectivity index (χ2v) is 3.37. The average Bonchev–Trinajstić information content (AvgIpc) is 1.12. The van der Waals surface area contributed by atoms with E-state index in [9.17, 15) is 0 Å². The fourth-order valence-electron chi connectivity index (χ4n) is 0. The zero-order chi connectivity index (χ0) is 9.00. The molecule has 0 spiro atoms. The molecule has 12 heavy (non-hydrogen) atoms. The van der Waals surface area contributed by atoms with Crippen LogP contribution in [0.4, 0.5) is 0 Å². The Bertz CT molecular complexity index is 213. The summed E-state index contributed by atoms with van der Waals surface area (Å²) in [7, 11) is 0. The fourth-order valence-corrected chi connectivity index (χ4v) is 0. The maximum absolute atomic E-state index is 8.59. The summed E-state index contributed by atoms with van der Waals surface area (Å²) in [6, 6.07) is 0. The molecule has 0 aromatic heterocycles. The first-order valence-corrected chi connectivity index (χ1v) is 5.50. The Morgan fingerprint density at radius 2 is 0.667 bits per heavy atom. The molecule has 0 bridgehead atoms. The van der Waals surface area contributed by atoms with Gasteiger partial charge in [-0.15, -0.1) is 0 Å². The molecular formula is CoCr2FeO8. The maximum atomic E-state index is 8.59. The van der Waals surface area contributed by atoms with Crippen molar-refractivity contribution >= 4 is 0 Å². The molecular weight excluding hydrogens is 347 g/mol. The SMILES string of the molecule is [Co+2].[Fe+2].[O]=[Cr](=[O])([O-])[O-].[O]=[Cr](=[O])([O-])[O-]. The Labute approximate surface area is 92.4 Å². The summed E-state index contributed by atoms with van der Waals surface area (Å²) in [5.41, 5.74) is 0. The summed E-state index contributed by atoms with van der Waals surface area (Å²) < 4.78 is 68.8. The van der Waals surface area contributed by atoms with Crippen molar-refractivity contribution < 1.29 is 92.9 Å². The summed E-state index contributed by atoms with van der Waals surface area (Å²) in [4.78, 5) is 0. The Kier molecular flexibility index (Phi) is 16.8. The molecule has 0 saturated carbocycles. The van der Waals surface area contributed by atoms with Gasteiger partial charge in [0, 0.05) is 0 Å². The molecule has 0 saturated heterocycles. The standard InChI is InChI=1S/Co.2Cr.Fe.8O/q+2;;;+2;;;;;4*-1. The summed E-state index contributed by atoms with van der Waals surface area (Å²) in [6.45, 7) is 0. The van der Waals surface area contributed by atoms with Gasteiger partial charge in [0.1, 0.15) is 0 Å². The van der Waals surface area contributed by atoms with Gasteiger partial charge in [-0.3, -0.25) is 0 Å². The van der Waals surface area contributed by atoms with E-state index in [0.717, 1.165) is 0 Å². The van der Waals surface area contributed by atoms with Crippen LogP contribution in [-0.4, -0.2) is 0 Å². The summed E-state index contributed by atoms with van der Waals surface area (Å²) in [5, 5.41) is 0. The van der Waals surface area contributed by atoms with Crippen LogP contribution in [-0.2, 0) is 76.3 Å². The molecule has 12 heteroatoms. The summed E-state index contributed by atoms with van der Waals surface area (Å²) in [5.74, 6) is 0. The first kappa shape index (κ1) is 23.2. The van der Waals surface area contributed by atoms with Gasteiger partial charge in [-0.25, -0.2) is 0 Å². The third-order valence-electron chi connectivity index (χ3n) is 0. The van der Waals surface area contributed by atoms with Crippen LogP contribution >= 0.6 is 0 Å². The van der Waals surface area contributed by atoms with Crippen molar-refractivity contribution in [1.29, 1.82) is 0 Å². The minimum absolute atomic E-state index is 0. The van der Waals surface area contributed by atoms with Crippen molar-refractivity contribution in [3.05, 3.63) is 0 Å². The first-order chi connectivity index (χ1) is 4.00. The topological polar surface area (TPSA) is 161 Å². The second-order valence-electron chi connectivity index (χ2n) is 0.816.